The summed E-state index contributed by atoms with van der Waals surface area (Å²) in [4.78, 5) is 24.7. The molecule has 0 unspecified atom stereocenters. The van der Waals surface area contributed by atoms with Crippen molar-refractivity contribution in [1.82, 2.24) is 9.44 Å². The van der Waals surface area contributed by atoms with Crippen molar-refractivity contribution in [3.05, 3.63) is 141 Å². The first-order chi connectivity index (χ1) is 28.1. The normalized spacial score (nSPS) is 14.3. The van der Waals surface area contributed by atoms with Gasteiger partial charge in [0.25, 0.3) is 11.8 Å². The topological polar surface area (TPSA) is 151 Å². The van der Waals surface area contributed by atoms with Gasteiger partial charge < -0.3 is 10.6 Å². The van der Waals surface area contributed by atoms with Gasteiger partial charge in [0.2, 0.25) is 20.0 Å². The molecule has 4 aromatic carbocycles. The maximum absolute atomic E-state index is 14.3. The van der Waals surface area contributed by atoms with E-state index in [0.29, 0.717) is 29.2 Å². The van der Waals surface area contributed by atoms with Crippen LogP contribution in [0.5, 0.6) is 0 Å². The number of carbonyl (C=O) groups excluding carboxylic acids is 2. The van der Waals surface area contributed by atoms with Crippen LogP contribution < -0.4 is 20.1 Å². The third-order valence-corrected chi connectivity index (χ3v) is 12.9. The van der Waals surface area contributed by atoms with Gasteiger partial charge in [0, 0.05) is 29.5 Å². The summed E-state index contributed by atoms with van der Waals surface area (Å²) in [5.41, 5.74) is 4.67. The Bertz CT molecular complexity index is 2440. The standard InChI is InChI=1S/C23H27FN2O3S.C21H22ClFN2O3S/c1-16-12-17(2)14-19(13-16)26-23(27)21-15-20(8-9-22(21)24)30(28,29)25-11-10-18-6-4-3-5-7-18;22-16-7-4-8-17(13-16)25-21(26)19-14-18(9-10-20(19)23)29(27,28)24-12-11-15-5-2-1-3-6-15/h6,8-9,12-15,25H,3-5,7,10-11H2,1-2H3,(H,26,27);4-5,7-10,13-14,24H,1-3,6,11-12H2,(H,25,26). The highest BCUT2D eigenvalue weighted by Gasteiger charge is 2.22. The Morgan fingerprint density at radius 1 is 0.610 bits per heavy atom. The monoisotopic (exact) mass is 866 g/mol. The molecule has 2 aliphatic rings. The van der Waals surface area contributed by atoms with Crippen LogP contribution in [0.1, 0.15) is 96.1 Å². The van der Waals surface area contributed by atoms with Crippen molar-refractivity contribution < 1.29 is 35.2 Å². The third kappa shape index (κ3) is 13.7. The van der Waals surface area contributed by atoms with Gasteiger partial charge in [0.1, 0.15) is 11.6 Å². The number of amides is 2. The average Bonchev–Trinajstić information content (AvgIpc) is 3.18. The van der Waals surface area contributed by atoms with Crippen LogP contribution in [0.15, 0.2) is 112 Å². The van der Waals surface area contributed by atoms with Crippen molar-refractivity contribution in [3.63, 3.8) is 0 Å². The van der Waals surface area contributed by atoms with Crippen LogP contribution in [-0.2, 0) is 20.0 Å². The maximum atomic E-state index is 14.3. The number of hydrogen-bond donors (Lipinski definition) is 4. The van der Waals surface area contributed by atoms with Gasteiger partial charge in [0.15, 0.2) is 0 Å². The van der Waals surface area contributed by atoms with E-state index in [2.05, 4.69) is 32.2 Å². The SMILES string of the molecule is Cc1cc(C)cc(NC(=O)c2cc(S(=O)(=O)NCCC3=CCCCC3)ccc2F)c1.O=C(Nc1cccc(Cl)c1)c1cc(S(=O)(=O)NCCC2=CCCCC2)ccc1F. The van der Waals surface area contributed by atoms with Crippen molar-refractivity contribution >= 4 is 54.8 Å². The molecule has 0 radical (unpaired) electrons. The van der Waals surface area contributed by atoms with E-state index in [0.717, 1.165) is 80.0 Å². The first-order valence-electron chi connectivity index (χ1n) is 19.5. The predicted molar refractivity (Wildman–Crippen MR) is 229 cm³/mol. The molecule has 0 fully saturated rings. The van der Waals surface area contributed by atoms with Gasteiger partial charge in [-0.15, -0.1) is 0 Å². The molecule has 0 saturated heterocycles. The molecule has 0 atom stereocenters. The summed E-state index contributed by atoms with van der Waals surface area (Å²) in [7, 11) is -7.70. The fourth-order valence-corrected chi connectivity index (χ4v) is 9.13. The zero-order valence-electron chi connectivity index (χ0n) is 33.0. The van der Waals surface area contributed by atoms with Crippen LogP contribution in [0, 0.1) is 25.5 Å². The molecule has 2 aliphatic carbocycles. The lowest BCUT2D eigenvalue weighted by atomic mass is 9.97. The maximum Gasteiger partial charge on any atom is 0.258 e. The molecule has 15 heteroatoms. The number of sulfonamides is 2. The lowest BCUT2D eigenvalue weighted by Crippen LogP contribution is -2.26. The number of nitrogens with one attached hydrogen (secondary N) is 4. The van der Waals surface area contributed by atoms with Gasteiger partial charge >= 0.3 is 0 Å². The molecule has 0 aliphatic heterocycles. The van der Waals surface area contributed by atoms with Crippen molar-refractivity contribution in [2.75, 3.05) is 23.7 Å². The first kappa shape index (κ1) is 45.4. The summed E-state index contributed by atoms with van der Waals surface area (Å²) >= 11 is 5.88. The predicted octanol–water partition coefficient (Wildman–Crippen LogP) is 9.76. The van der Waals surface area contributed by atoms with Crippen molar-refractivity contribution in [2.24, 2.45) is 0 Å². The van der Waals surface area contributed by atoms with Crippen molar-refractivity contribution in [1.29, 1.82) is 0 Å². The smallest absolute Gasteiger partial charge is 0.258 e. The Morgan fingerprint density at radius 3 is 1.53 bits per heavy atom. The van der Waals surface area contributed by atoms with E-state index in [1.807, 2.05) is 19.9 Å². The fourth-order valence-electron chi connectivity index (χ4n) is 6.82. The first-order valence-corrected chi connectivity index (χ1v) is 22.8. The Kier molecular flexibility index (Phi) is 16.1. The summed E-state index contributed by atoms with van der Waals surface area (Å²) in [6.07, 6.45) is 14.3. The summed E-state index contributed by atoms with van der Waals surface area (Å²) in [5, 5.41) is 5.58. The molecule has 314 valence electrons. The summed E-state index contributed by atoms with van der Waals surface area (Å²) in [6, 6.07) is 18.3. The Balaban J connectivity index is 0.000000224. The number of rotatable bonds is 14. The molecule has 0 bridgehead atoms. The van der Waals surface area contributed by atoms with E-state index in [9.17, 15) is 35.2 Å². The van der Waals surface area contributed by atoms with Gasteiger partial charge in [-0.05, 0) is 156 Å². The molecule has 0 saturated carbocycles. The zero-order valence-corrected chi connectivity index (χ0v) is 35.4. The third-order valence-electron chi connectivity index (χ3n) is 9.79. The molecule has 6 rings (SSSR count). The van der Waals surface area contributed by atoms with E-state index in [-0.39, 0.29) is 34.0 Å². The van der Waals surface area contributed by atoms with E-state index >= 15 is 0 Å². The molecular weight excluding hydrogens is 818 g/mol. The van der Waals surface area contributed by atoms with Crippen LogP contribution in [0.25, 0.3) is 0 Å². The quantitative estimate of drug-likeness (QED) is 0.0928. The lowest BCUT2D eigenvalue weighted by molar-refractivity contribution is 0.101. The Hall–Kier alpha value is -4.73. The Labute approximate surface area is 350 Å². The van der Waals surface area contributed by atoms with E-state index in [1.165, 1.54) is 36.1 Å². The van der Waals surface area contributed by atoms with Gasteiger partial charge in [-0.2, -0.15) is 0 Å². The summed E-state index contributed by atoms with van der Waals surface area (Å²) < 4.78 is 83.9. The molecule has 10 nitrogen and oxygen atoms in total. The number of allylic oxidation sites excluding steroid dienone is 2. The highest BCUT2D eigenvalue weighted by atomic mass is 35.5. The van der Waals surface area contributed by atoms with E-state index < -0.39 is 43.5 Å². The van der Waals surface area contributed by atoms with E-state index in [1.54, 1.807) is 30.3 Å². The summed E-state index contributed by atoms with van der Waals surface area (Å²) in [6.45, 7) is 4.32. The second-order valence-corrected chi connectivity index (χ2v) is 18.6. The summed E-state index contributed by atoms with van der Waals surface area (Å²) in [5.74, 6) is -3.03. The molecule has 59 heavy (non-hydrogen) atoms. The van der Waals surface area contributed by atoms with Crippen LogP contribution >= 0.6 is 11.6 Å². The minimum Gasteiger partial charge on any atom is -0.322 e. The van der Waals surface area contributed by atoms with Crippen LogP contribution in [0.3, 0.4) is 0 Å². The van der Waals surface area contributed by atoms with Crippen molar-refractivity contribution in [3.8, 4) is 0 Å². The van der Waals surface area contributed by atoms with Gasteiger partial charge in [-0.3, -0.25) is 9.59 Å². The Morgan fingerprint density at radius 2 is 1.08 bits per heavy atom. The minimum absolute atomic E-state index is 0.132. The van der Waals surface area contributed by atoms with Crippen LogP contribution in [-0.4, -0.2) is 41.7 Å². The van der Waals surface area contributed by atoms with Gasteiger partial charge in [-0.25, -0.2) is 35.1 Å². The molecule has 0 aromatic heterocycles. The minimum atomic E-state index is -3.86. The molecule has 4 N–H and O–H groups in total. The van der Waals surface area contributed by atoms with Gasteiger partial charge in [0.05, 0.1) is 20.9 Å². The zero-order chi connectivity index (χ0) is 42.6. The molecule has 0 heterocycles. The van der Waals surface area contributed by atoms with Gasteiger partial charge in [-0.1, -0.05) is 47.0 Å². The number of hydrogen-bond acceptors (Lipinski definition) is 6. The number of benzene rings is 4. The highest BCUT2D eigenvalue weighted by molar-refractivity contribution is 7.89. The fraction of sp³-hybridized carbons (Fsp3) is 0.318. The van der Waals surface area contributed by atoms with Crippen LogP contribution in [0.4, 0.5) is 20.2 Å². The number of halogens is 3. The number of anilines is 2. The number of carbonyl (C=O) groups is 2. The van der Waals surface area contributed by atoms with Crippen LogP contribution in [0.2, 0.25) is 5.02 Å². The largest absolute Gasteiger partial charge is 0.322 e. The average molecular weight is 867 g/mol. The highest BCUT2D eigenvalue weighted by Crippen LogP contribution is 2.24. The molecular formula is C44H49ClF2N4O6S2. The molecule has 2 amide bonds. The molecule has 0 spiro atoms. The number of aryl methyl sites for hydroxylation is 2. The van der Waals surface area contributed by atoms with Crippen molar-refractivity contribution in [2.45, 2.75) is 87.8 Å². The lowest BCUT2D eigenvalue weighted by Gasteiger charge is -2.13. The second kappa shape index (κ2) is 21.0. The van der Waals surface area contributed by atoms with E-state index in [4.69, 9.17) is 11.6 Å². The molecule has 4 aromatic rings. The second-order valence-electron chi connectivity index (χ2n) is 14.6.